The largest absolute Gasteiger partial charge is 0.313 e. The lowest BCUT2D eigenvalue weighted by molar-refractivity contribution is 0.228. The molecule has 0 aliphatic heterocycles. The van der Waals surface area contributed by atoms with Crippen molar-refractivity contribution in [1.82, 2.24) is 10.3 Å². The minimum Gasteiger partial charge on any atom is -0.313 e. The number of pyridine rings is 1. The van der Waals surface area contributed by atoms with Crippen LogP contribution < -0.4 is 5.32 Å². The van der Waals surface area contributed by atoms with Gasteiger partial charge in [-0.2, -0.15) is 0 Å². The molecule has 3 rings (SSSR count). The first-order valence-electron chi connectivity index (χ1n) is 8.57. The number of hydrogen-bond acceptors (Lipinski definition) is 2. The summed E-state index contributed by atoms with van der Waals surface area (Å²) in [7, 11) is 0. The van der Waals surface area contributed by atoms with Gasteiger partial charge in [0.15, 0.2) is 0 Å². The van der Waals surface area contributed by atoms with Gasteiger partial charge in [-0.3, -0.25) is 4.98 Å². The van der Waals surface area contributed by atoms with Crippen LogP contribution in [0.5, 0.6) is 0 Å². The fourth-order valence-corrected chi connectivity index (χ4v) is 4.36. The summed E-state index contributed by atoms with van der Waals surface area (Å²) in [5, 5.41) is 3.82. The Hall–Kier alpha value is -0.890. The molecular weight excluding hydrogens is 244 g/mol. The van der Waals surface area contributed by atoms with Crippen LogP contribution in [-0.2, 0) is 6.42 Å². The summed E-state index contributed by atoms with van der Waals surface area (Å²) in [6, 6.07) is 5.04. The number of nitrogens with one attached hydrogen (secondary N) is 1. The molecule has 1 aromatic rings. The number of fused-ring (bicyclic) bond motifs is 1. The van der Waals surface area contributed by atoms with E-state index in [9.17, 15) is 0 Å². The standard InChI is InChI=1S/C18H28N2/c1-2-19-17(14-8-4-3-5-9-14)16-12-6-10-15-11-7-13-20-18(15)16/h7,11,13-14,16-17,19H,2-6,8-10,12H2,1H3. The lowest BCUT2D eigenvalue weighted by Gasteiger charge is -2.38. The third-order valence-electron chi connectivity index (χ3n) is 5.27. The monoisotopic (exact) mass is 272 g/mol. The molecular formula is C18H28N2. The Morgan fingerprint density at radius 2 is 2.05 bits per heavy atom. The Bertz CT molecular complexity index is 423. The fraction of sp³-hybridized carbons (Fsp3) is 0.722. The Balaban J connectivity index is 1.84. The zero-order chi connectivity index (χ0) is 13.8. The summed E-state index contributed by atoms with van der Waals surface area (Å²) in [5.41, 5.74) is 2.90. The van der Waals surface area contributed by atoms with E-state index in [1.54, 1.807) is 0 Å². The van der Waals surface area contributed by atoms with Crippen molar-refractivity contribution in [2.24, 2.45) is 5.92 Å². The first-order chi connectivity index (χ1) is 9.90. The van der Waals surface area contributed by atoms with Crippen LogP contribution in [0.3, 0.4) is 0 Å². The third-order valence-corrected chi connectivity index (χ3v) is 5.27. The first kappa shape index (κ1) is 14.1. The molecule has 0 amide bonds. The van der Waals surface area contributed by atoms with Crippen molar-refractivity contribution in [1.29, 1.82) is 0 Å². The summed E-state index contributed by atoms with van der Waals surface area (Å²) in [5.74, 6) is 1.50. The molecule has 2 nitrogen and oxygen atoms in total. The molecule has 0 radical (unpaired) electrons. The molecule has 110 valence electrons. The van der Waals surface area contributed by atoms with Crippen molar-refractivity contribution in [2.45, 2.75) is 70.3 Å². The lowest BCUT2D eigenvalue weighted by atomic mass is 9.73. The van der Waals surface area contributed by atoms with E-state index in [1.807, 2.05) is 6.20 Å². The van der Waals surface area contributed by atoms with Gasteiger partial charge < -0.3 is 5.32 Å². The molecule has 0 aromatic carbocycles. The van der Waals surface area contributed by atoms with Gasteiger partial charge in [0.05, 0.1) is 0 Å². The molecule has 1 saturated carbocycles. The molecule has 2 aliphatic rings. The number of likely N-dealkylation sites (N-methyl/N-ethyl adjacent to an activating group) is 1. The highest BCUT2D eigenvalue weighted by atomic mass is 14.9. The quantitative estimate of drug-likeness (QED) is 0.894. The number of nitrogens with zero attached hydrogens (tertiary/aromatic N) is 1. The molecule has 0 bridgehead atoms. The first-order valence-corrected chi connectivity index (χ1v) is 8.57. The zero-order valence-electron chi connectivity index (χ0n) is 12.8. The van der Waals surface area contributed by atoms with Gasteiger partial charge in [-0.25, -0.2) is 0 Å². The maximum Gasteiger partial charge on any atom is 0.0482 e. The Kier molecular flexibility index (Phi) is 4.72. The highest BCUT2D eigenvalue weighted by molar-refractivity contribution is 5.27. The Morgan fingerprint density at radius 3 is 2.85 bits per heavy atom. The van der Waals surface area contributed by atoms with E-state index in [1.165, 1.54) is 62.6 Å². The minimum atomic E-state index is 0.642. The Labute approximate surface area is 123 Å². The van der Waals surface area contributed by atoms with E-state index in [0.717, 1.165) is 12.5 Å². The molecule has 2 heteroatoms. The minimum absolute atomic E-state index is 0.642. The van der Waals surface area contributed by atoms with E-state index in [-0.39, 0.29) is 0 Å². The summed E-state index contributed by atoms with van der Waals surface area (Å²) < 4.78 is 0. The van der Waals surface area contributed by atoms with E-state index >= 15 is 0 Å². The normalized spacial score (nSPS) is 25.1. The molecule has 2 aliphatic carbocycles. The van der Waals surface area contributed by atoms with Crippen molar-refractivity contribution in [3.05, 3.63) is 29.6 Å². The SMILES string of the molecule is CCNC(C1CCCCC1)C1CCCc2cccnc21. The Morgan fingerprint density at radius 1 is 1.20 bits per heavy atom. The fourth-order valence-electron chi connectivity index (χ4n) is 4.36. The van der Waals surface area contributed by atoms with Gasteiger partial charge in [0.2, 0.25) is 0 Å². The highest BCUT2D eigenvalue weighted by Crippen LogP contribution is 2.39. The molecule has 0 saturated heterocycles. The van der Waals surface area contributed by atoms with Gasteiger partial charge >= 0.3 is 0 Å². The van der Waals surface area contributed by atoms with Crippen LogP contribution >= 0.6 is 0 Å². The smallest absolute Gasteiger partial charge is 0.0482 e. The van der Waals surface area contributed by atoms with Crippen molar-refractivity contribution in [3.8, 4) is 0 Å². The van der Waals surface area contributed by atoms with Gasteiger partial charge in [0.1, 0.15) is 0 Å². The lowest BCUT2D eigenvalue weighted by Crippen LogP contribution is -2.43. The van der Waals surface area contributed by atoms with Gasteiger partial charge in [0.25, 0.3) is 0 Å². The maximum atomic E-state index is 4.76. The van der Waals surface area contributed by atoms with Crippen LogP contribution in [-0.4, -0.2) is 17.6 Å². The van der Waals surface area contributed by atoms with Crippen LogP contribution in [0.2, 0.25) is 0 Å². The van der Waals surface area contributed by atoms with Crippen molar-refractivity contribution in [2.75, 3.05) is 6.54 Å². The number of hydrogen-bond donors (Lipinski definition) is 1. The maximum absolute atomic E-state index is 4.76. The van der Waals surface area contributed by atoms with Crippen molar-refractivity contribution < 1.29 is 0 Å². The van der Waals surface area contributed by atoms with Crippen molar-refractivity contribution >= 4 is 0 Å². The predicted octanol–water partition coefficient (Wildman–Crippen LogP) is 4.06. The molecule has 1 heterocycles. The van der Waals surface area contributed by atoms with Gasteiger partial charge in [-0.1, -0.05) is 32.3 Å². The summed E-state index contributed by atoms with van der Waals surface area (Å²) in [6.07, 6.45) is 13.0. The number of rotatable bonds is 4. The van der Waals surface area contributed by atoms with E-state index in [0.29, 0.717) is 12.0 Å². The summed E-state index contributed by atoms with van der Waals surface area (Å²) in [4.78, 5) is 4.76. The second-order valence-corrected chi connectivity index (χ2v) is 6.53. The third kappa shape index (κ3) is 2.90. The second-order valence-electron chi connectivity index (χ2n) is 6.53. The van der Waals surface area contributed by atoms with Gasteiger partial charge in [-0.05, 0) is 56.2 Å². The molecule has 1 fully saturated rings. The van der Waals surface area contributed by atoms with Crippen LogP contribution in [0.1, 0.15) is 69.0 Å². The molecule has 2 unspecified atom stereocenters. The van der Waals surface area contributed by atoms with Gasteiger partial charge in [-0.15, -0.1) is 0 Å². The molecule has 20 heavy (non-hydrogen) atoms. The summed E-state index contributed by atoms with van der Waals surface area (Å²) >= 11 is 0. The van der Waals surface area contributed by atoms with Crippen LogP contribution in [0.4, 0.5) is 0 Å². The molecule has 1 aromatic heterocycles. The van der Waals surface area contributed by atoms with E-state index < -0.39 is 0 Å². The van der Waals surface area contributed by atoms with Crippen LogP contribution in [0, 0.1) is 5.92 Å². The average Bonchev–Trinajstić information content (AvgIpc) is 2.53. The topological polar surface area (TPSA) is 24.9 Å². The molecule has 1 N–H and O–H groups in total. The molecule has 0 spiro atoms. The summed E-state index contributed by atoms with van der Waals surface area (Å²) in [6.45, 7) is 3.33. The van der Waals surface area contributed by atoms with Crippen molar-refractivity contribution in [3.63, 3.8) is 0 Å². The predicted molar refractivity (Wildman–Crippen MR) is 84.0 cm³/mol. The van der Waals surface area contributed by atoms with E-state index in [4.69, 9.17) is 4.98 Å². The zero-order valence-corrected chi connectivity index (χ0v) is 12.8. The number of aryl methyl sites for hydroxylation is 1. The molecule has 2 atom stereocenters. The number of aromatic nitrogens is 1. The van der Waals surface area contributed by atoms with E-state index in [2.05, 4.69) is 24.4 Å². The highest BCUT2D eigenvalue weighted by Gasteiger charge is 2.34. The van der Waals surface area contributed by atoms with Crippen LogP contribution in [0.15, 0.2) is 18.3 Å². The van der Waals surface area contributed by atoms with Crippen LogP contribution in [0.25, 0.3) is 0 Å². The second kappa shape index (κ2) is 6.71. The average molecular weight is 272 g/mol. The van der Waals surface area contributed by atoms with Gasteiger partial charge in [0, 0.05) is 23.9 Å².